The molecule has 0 aliphatic heterocycles. The molecule has 0 radical (unpaired) electrons. The molecule has 38 heavy (non-hydrogen) atoms. The van der Waals surface area contributed by atoms with E-state index in [-0.39, 0.29) is 14.0 Å². The summed E-state index contributed by atoms with van der Waals surface area (Å²) in [4.78, 5) is 14.6. The number of hydrogen-bond acceptors (Lipinski definition) is 2. The van der Waals surface area contributed by atoms with Crippen molar-refractivity contribution in [1.82, 2.24) is 9.97 Å². The summed E-state index contributed by atoms with van der Waals surface area (Å²) < 4.78 is 0. The van der Waals surface area contributed by atoms with E-state index in [1.54, 1.807) is 72.8 Å². The van der Waals surface area contributed by atoms with E-state index in [1.807, 2.05) is 0 Å². The zero-order chi connectivity index (χ0) is 27.4. The zero-order valence-corrected chi connectivity index (χ0v) is 23.9. The lowest BCUT2D eigenvalue weighted by atomic mass is 10.0. The highest BCUT2D eigenvalue weighted by Gasteiger charge is 2.26. The molecule has 1 atom stereocenters. The first-order valence-corrected chi connectivity index (χ1v) is 12.8. The standard InChI is InChI=1S/C13H7Cl3N2.C8H5Cl2N.C5H3Cl2N.CH4/c1-17-13(10-6-3-7-11(16)18-10)12-8(14)4-2-5-9(12)15;1-11-5-6-7(9)3-2-4-8(6)10;6-4-2-1-3-5(7)8-4;/h2-7,13H;2-4H,5H2;1-3H;1H4. The normalized spacial score (nSPS) is 10.2. The maximum absolute atomic E-state index is 7.32. The Labute approximate surface area is 257 Å². The third-order valence-electron chi connectivity index (χ3n) is 4.40. The van der Waals surface area contributed by atoms with E-state index in [0.717, 1.165) is 0 Å². The first kappa shape index (κ1) is 33.8. The Hall–Kier alpha value is -2.25. The van der Waals surface area contributed by atoms with Crippen LogP contribution in [-0.4, -0.2) is 9.97 Å². The van der Waals surface area contributed by atoms with Gasteiger partial charge in [0, 0.05) is 0 Å². The largest absolute Gasteiger partial charge is 0.312 e. The fourth-order valence-corrected chi connectivity index (χ4v) is 4.43. The first-order valence-electron chi connectivity index (χ1n) is 10.1. The maximum atomic E-state index is 7.32. The molecule has 0 fully saturated rings. The van der Waals surface area contributed by atoms with E-state index in [2.05, 4.69) is 19.7 Å². The molecule has 0 amide bonds. The van der Waals surface area contributed by atoms with Crippen molar-refractivity contribution in [2.24, 2.45) is 0 Å². The van der Waals surface area contributed by atoms with Gasteiger partial charge in [-0.2, -0.15) is 0 Å². The highest BCUT2D eigenvalue weighted by atomic mass is 35.5. The van der Waals surface area contributed by atoms with Gasteiger partial charge < -0.3 is 9.69 Å². The Morgan fingerprint density at radius 1 is 0.605 bits per heavy atom. The van der Waals surface area contributed by atoms with Crippen LogP contribution in [0.15, 0.2) is 72.8 Å². The Morgan fingerprint density at radius 3 is 1.42 bits per heavy atom. The van der Waals surface area contributed by atoms with Gasteiger partial charge in [0.2, 0.25) is 6.54 Å². The van der Waals surface area contributed by atoms with Crippen LogP contribution in [0.4, 0.5) is 0 Å². The van der Waals surface area contributed by atoms with Gasteiger partial charge in [0.15, 0.2) is 0 Å². The molecule has 0 aliphatic rings. The van der Waals surface area contributed by atoms with Crippen molar-refractivity contribution in [3.8, 4) is 0 Å². The average molecular weight is 648 g/mol. The topological polar surface area (TPSA) is 34.5 Å². The molecule has 0 bridgehead atoms. The maximum Gasteiger partial charge on any atom is 0.293 e. The van der Waals surface area contributed by atoms with Crippen LogP contribution in [0.1, 0.15) is 30.3 Å². The molecule has 2 heterocycles. The van der Waals surface area contributed by atoms with Crippen LogP contribution in [0.2, 0.25) is 35.5 Å². The minimum atomic E-state index is -0.648. The molecule has 196 valence electrons. The van der Waals surface area contributed by atoms with Crippen molar-refractivity contribution < 1.29 is 0 Å². The minimum Gasteiger partial charge on any atom is -0.312 e. The first-order chi connectivity index (χ1) is 17.7. The van der Waals surface area contributed by atoms with E-state index < -0.39 is 6.04 Å². The highest BCUT2D eigenvalue weighted by Crippen LogP contribution is 2.36. The van der Waals surface area contributed by atoms with Gasteiger partial charge in [-0.05, 0) is 48.5 Å². The Balaban J connectivity index is 0.000000309. The molecular formula is C27H19Cl7N4. The summed E-state index contributed by atoms with van der Waals surface area (Å²) in [5.74, 6) is 0. The van der Waals surface area contributed by atoms with Crippen molar-refractivity contribution in [3.63, 3.8) is 0 Å². The van der Waals surface area contributed by atoms with Crippen LogP contribution >= 0.6 is 81.2 Å². The Morgan fingerprint density at radius 2 is 1.03 bits per heavy atom. The molecule has 0 saturated heterocycles. The van der Waals surface area contributed by atoms with Gasteiger partial charge in [-0.1, -0.05) is 113 Å². The van der Waals surface area contributed by atoms with Gasteiger partial charge in [-0.25, -0.2) is 23.1 Å². The van der Waals surface area contributed by atoms with E-state index in [0.29, 0.717) is 52.4 Å². The van der Waals surface area contributed by atoms with Gasteiger partial charge in [0.1, 0.15) is 21.2 Å². The predicted octanol–water partition coefficient (Wildman–Crippen LogP) is 11.5. The van der Waals surface area contributed by atoms with E-state index in [1.165, 1.54) is 0 Å². The van der Waals surface area contributed by atoms with E-state index in [4.69, 9.17) is 94.4 Å². The molecule has 2 aromatic heterocycles. The highest BCUT2D eigenvalue weighted by molar-refractivity contribution is 6.36. The summed E-state index contributed by atoms with van der Waals surface area (Å²) in [5.41, 5.74) is 1.81. The summed E-state index contributed by atoms with van der Waals surface area (Å²) in [7, 11) is 0. The number of hydrogen-bond donors (Lipinski definition) is 0. The third kappa shape index (κ3) is 10.5. The van der Waals surface area contributed by atoms with Crippen LogP contribution in [0, 0.1) is 13.1 Å². The van der Waals surface area contributed by atoms with Crippen molar-refractivity contribution in [1.29, 1.82) is 0 Å². The van der Waals surface area contributed by atoms with Gasteiger partial charge in [0.25, 0.3) is 6.04 Å². The molecular weight excluding hydrogens is 628 g/mol. The van der Waals surface area contributed by atoms with Crippen LogP contribution < -0.4 is 0 Å². The molecule has 4 nitrogen and oxygen atoms in total. The van der Waals surface area contributed by atoms with Gasteiger partial charge in [-0.3, -0.25) is 0 Å². The fourth-order valence-electron chi connectivity index (χ4n) is 2.77. The molecule has 2 aromatic carbocycles. The van der Waals surface area contributed by atoms with Crippen LogP contribution in [0.5, 0.6) is 0 Å². The van der Waals surface area contributed by atoms with Gasteiger partial charge in [-0.15, -0.1) is 0 Å². The van der Waals surface area contributed by atoms with Crippen LogP contribution in [0.3, 0.4) is 0 Å². The minimum absolute atomic E-state index is 0. The zero-order valence-electron chi connectivity index (χ0n) is 18.6. The van der Waals surface area contributed by atoms with Crippen molar-refractivity contribution >= 4 is 81.2 Å². The number of benzene rings is 2. The van der Waals surface area contributed by atoms with Gasteiger partial charge in [0.05, 0.1) is 31.2 Å². The van der Waals surface area contributed by atoms with Crippen LogP contribution in [-0.2, 0) is 6.54 Å². The molecule has 4 rings (SSSR count). The lowest BCUT2D eigenvalue weighted by Gasteiger charge is -2.09. The Bertz CT molecular complexity index is 1370. The molecule has 0 saturated carbocycles. The quantitative estimate of drug-likeness (QED) is 0.164. The average Bonchev–Trinajstić information content (AvgIpc) is 2.85. The molecule has 1 unspecified atom stereocenters. The smallest absolute Gasteiger partial charge is 0.293 e. The molecule has 0 spiro atoms. The summed E-state index contributed by atoms with van der Waals surface area (Å²) >= 11 is 40.5. The summed E-state index contributed by atoms with van der Waals surface area (Å²) in [5, 5.41) is 3.22. The van der Waals surface area contributed by atoms with E-state index in [9.17, 15) is 0 Å². The predicted molar refractivity (Wildman–Crippen MR) is 162 cm³/mol. The summed E-state index contributed by atoms with van der Waals surface area (Å²) in [6.45, 7) is 14.2. The summed E-state index contributed by atoms with van der Waals surface area (Å²) in [6, 6.07) is 19.9. The summed E-state index contributed by atoms with van der Waals surface area (Å²) in [6.07, 6.45) is 0. The second kappa shape index (κ2) is 17.4. The number of rotatable bonds is 3. The van der Waals surface area contributed by atoms with Crippen molar-refractivity contribution in [2.75, 3.05) is 0 Å². The van der Waals surface area contributed by atoms with Crippen molar-refractivity contribution in [2.45, 2.75) is 20.0 Å². The second-order valence-electron chi connectivity index (χ2n) is 6.85. The van der Waals surface area contributed by atoms with Gasteiger partial charge >= 0.3 is 0 Å². The molecule has 0 N–H and O–H groups in total. The SMILES string of the molecule is C.Clc1cccc(Cl)n1.[C-]#[N+]C(c1cccc(Cl)n1)c1c(Cl)cccc1Cl.[C-]#[N+]Cc1c(Cl)cccc1Cl. The Kier molecular flexibility index (Phi) is 15.4. The van der Waals surface area contributed by atoms with Crippen LogP contribution in [0.25, 0.3) is 9.69 Å². The van der Waals surface area contributed by atoms with Crippen molar-refractivity contribution in [3.05, 3.63) is 148 Å². The number of pyridine rings is 2. The monoisotopic (exact) mass is 644 g/mol. The number of halogens is 7. The van der Waals surface area contributed by atoms with E-state index >= 15 is 0 Å². The molecule has 11 heteroatoms. The molecule has 0 aliphatic carbocycles. The second-order valence-corrected chi connectivity index (χ2v) is 9.64. The lowest BCUT2D eigenvalue weighted by molar-refractivity contribution is 0.950. The number of nitrogens with zero attached hydrogens (tertiary/aromatic N) is 4. The number of aromatic nitrogens is 2. The lowest BCUT2D eigenvalue weighted by Crippen LogP contribution is -2.01. The third-order valence-corrected chi connectivity index (χ3v) is 6.40. The molecule has 4 aromatic rings. The fraction of sp³-hybridized carbons (Fsp3) is 0.111.